The summed E-state index contributed by atoms with van der Waals surface area (Å²) in [7, 11) is 1.60. The predicted octanol–water partition coefficient (Wildman–Crippen LogP) is 2.32. The summed E-state index contributed by atoms with van der Waals surface area (Å²) in [6, 6.07) is 9.36. The molecule has 0 radical (unpaired) electrons. The van der Waals surface area contributed by atoms with Crippen molar-refractivity contribution >= 4 is 11.7 Å². The van der Waals surface area contributed by atoms with Gasteiger partial charge >= 0.3 is 0 Å². The number of amides is 1. The monoisotopic (exact) mass is 351 g/mol. The molecule has 1 aromatic carbocycles. The van der Waals surface area contributed by atoms with Crippen LogP contribution in [0.2, 0.25) is 0 Å². The maximum absolute atomic E-state index is 12.5. The lowest BCUT2D eigenvalue weighted by Gasteiger charge is -2.33. The molecular weight excluding hydrogens is 330 g/mol. The molecule has 3 aliphatic heterocycles. The summed E-state index contributed by atoms with van der Waals surface area (Å²) in [6.45, 7) is 1.70. The van der Waals surface area contributed by atoms with Crippen LogP contribution in [0.5, 0.6) is 5.75 Å². The van der Waals surface area contributed by atoms with Crippen LogP contribution in [0.3, 0.4) is 0 Å². The lowest BCUT2D eigenvalue weighted by molar-refractivity contribution is 0.0930. The highest BCUT2D eigenvalue weighted by Crippen LogP contribution is 2.29. The summed E-state index contributed by atoms with van der Waals surface area (Å²) in [4.78, 5) is 26.6. The van der Waals surface area contributed by atoms with Crippen LogP contribution in [0, 0.1) is 0 Å². The summed E-state index contributed by atoms with van der Waals surface area (Å²) in [5.41, 5.74) is 1.66. The molecule has 0 spiro atoms. The molecule has 2 N–H and O–H groups in total. The quantitative estimate of drug-likeness (QED) is 0.754. The molecule has 7 nitrogen and oxygen atoms in total. The Kier molecular flexibility index (Phi) is 4.43. The highest BCUT2D eigenvalue weighted by Gasteiger charge is 2.24. The third kappa shape index (κ3) is 3.20. The van der Waals surface area contributed by atoms with Gasteiger partial charge in [0.25, 0.3) is 5.91 Å². The number of nitrogens with one attached hydrogen (secondary N) is 2. The van der Waals surface area contributed by atoms with E-state index in [0.29, 0.717) is 11.3 Å². The number of carbonyl (C=O) groups excluding carboxylic acids is 1. The fraction of sp³-hybridized carbons (Fsp3) is 0.316. The number of hydrogen-bond donors (Lipinski definition) is 2. The largest absolute Gasteiger partial charge is 0.497 e. The first-order chi connectivity index (χ1) is 12.7. The number of benzene rings is 1. The highest BCUT2D eigenvalue weighted by atomic mass is 16.5. The van der Waals surface area contributed by atoms with E-state index in [9.17, 15) is 4.79 Å². The van der Waals surface area contributed by atoms with Gasteiger partial charge in [0.15, 0.2) is 0 Å². The molecule has 3 heterocycles. The number of aromatic amines is 1. The van der Waals surface area contributed by atoms with Crippen LogP contribution in [-0.4, -0.2) is 47.1 Å². The van der Waals surface area contributed by atoms with Crippen LogP contribution in [-0.2, 0) is 0 Å². The molecule has 7 heteroatoms. The van der Waals surface area contributed by atoms with E-state index < -0.39 is 0 Å². The van der Waals surface area contributed by atoms with Gasteiger partial charge < -0.3 is 19.9 Å². The number of H-pyrrole nitrogens is 1. The maximum atomic E-state index is 12.5. The molecule has 1 saturated heterocycles. The van der Waals surface area contributed by atoms with Crippen molar-refractivity contribution in [1.82, 2.24) is 20.3 Å². The first-order valence-electron chi connectivity index (χ1n) is 8.72. The Bertz CT molecular complexity index is 870. The van der Waals surface area contributed by atoms with E-state index in [1.54, 1.807) is 31.8 Å². The van der Waals surface area contributed by atoms with E-state index >= 15 is 0 Å². The lowest BCUT2D eigenvalue weighted by Crippen LogP contribution is -2.45. The average Bonchev–Trinajstić information content (AvgIpc) is 3.17. The molecule has 1 aromatic rings. The van der Waals surface area contributed by atoms with Gasteiger partial charge in [-0.2, -0.15) is 0 Å². The Labute approximate surface area is 151 Å². The number of ether oxygens (including phenoxy) is 1. The van der Waals surface area contributed by atoms with Crippen molar-refractivity contribution in [1.29, 1.82) is 0 Å². The Morgan fingerprint density at radius 2 is 2.12 bits per heavy atom. The number of rotatable bonds is 4. The Hall–Kier alpha value is -3.09. The molecule has 134 valence electrons. The van der Waals surface area contributed by atoms with Gasteiger partial charge in [-0.3, -0.25) is 4.79 Å². The minimum atomic E-state index is -0.0580. The van der Waals surface area contributed by atoms with Crippen molar-refractivity contribution in [2.45, 2.75) is 18.9 Å². The van der Waals surface area contributed by atoms with Gasteiger partial charge in [-0.15, -0.1) is 0 Å². The summed E-state index contributed by atoms with van der Waals surface area (Å²) >= 11 is 0. The zero-order valence-electron chi connectivity index (χ0n) is 14.6. The van der Waals surface area contributed by atoms with Crippen LogP contribution >= 0.6 is 0 Å². The molecular formula is C19H21N5O2. The molecule has 0 atom stereocenters. The van der Waals surface area contributed by atoms with Crippen LogP contribution in [0.1, 0.15) is 23.2 Å². The topological polar surface area (TPSA) is 83.1 Å². The standard InChI is InChI=1S/C19H21N5O2/c1-26-15-4-2-3-13(11-15)19(25)23-14-6-9-24(10-7-14)18-16-5-8-20-17(16)21-12-22-18/h2-5,8,11-12,14H,6-7,9-10H2,1H3,(H,23,25)(H,20,21,22). The maximum Gasteiger partial charge on any atom is 0.251 e. The SMILES string of the molecule is COc1cccc(C(=O)NC2CCN(c3nc[nH]c4nccc3-4)CC2)c1. The van der Waals surface area contributed by atoms with E-state index in [0.717, 1.165) is 43.1 Å². The second-order valence-corrected chi connectivity index (χ2v) is 6.40. The number of methoxy groups -OCH3 is 1. The predicted molar refractivity (Wildman–Crippen MR) is 98.7 cm³/mol. The zero-order chi connectivity index (χ0) is 17.9. The van der Waals surface area contributed by atoms with Crippen molar-refractivity contribution in [3.63, 3.8) is 0 Å². The van der Waals surface area contributed by atoms with Gasteiger partial charge in [-0.05, 0) is 37.1 Å². The van der Waals surface area contributed by atoms with Gasteiger partial charge in [-0.1, -0.05) is 6.07 Å². The van der Waals surface area contributed by atoms with Gasteiger partial charge in [0.2, 0.25) is 0 Å². The van der Waals surface area contributed by atoms with Crippen LogP contribution in [0.15, 0.2) is 42.9 Å². The molecule has 1 amide bonds. The second-order valence-electron chi connectivity index (χ2n) is 6.40. The van der Waals surface area contributed by atoms with Crippen molar-refractivity contribution in [2.24, 2.45) is 0 Å². The Morgan fingerprint density at radius 1 is 1.27 bits per heavy atom. The van der Waals surface area contributed by atoms with Gasteiger partial charge in [0, 0.05) is 30.9 Å². The van der Waals surface area contributed by atoms with Crippen molar-refractivity contribution < 1.29 is 9.53 Å². The molecule has 0 aromatic heterocycles. The van der Waals surface area contributed by atoms with Crippen LogP contribution < -0.4 is 15.0 Å². The first kappa shape index (κ1) is 16.4. The van der Waals surface area contributed by atoms with Crippen molar-refractivity contribution in [2.75, 3.05) is 25.1 Å². The Balaban J connectivity index is 1.38. The number of nitrogens with zero attached hydrogens (tertiary/aromatic N) is 3. The summed E-state index contributed by atoms with van der Waals surface area (Å²) in [5.74, 6) is 2.43. The third-order valence-electron chi connectivity index (χ3n) is 4.79. The number of hydrogen-bond acceptors (Lipinski definition) is 5. The van der Waals surface area contributed by atoms with Crippen LogP contribution in [0.4, 0.5) is 5.82 Å². The molecule has 1 fully saturated rings. The van der Waals surface area contributed by atoms with E-state index in [-0.39, 0.29) is 11.9 Å². The molecule has 26 heavy (non-hydrogen) atoms. The third-order valence-corrected chi connectivity index (χ3v) is 4.79. The number of anilines is 1. The fourth-order valence-corrected chi connectivity index (χ4v) is 3.38. The number of fused-ring (bicyclic) bond motifs is 1. The zero-order valence-corrected chi connectivity index (χ0v) is 14.6. The van der Waals surface area contributed by atoms with E-state index in [1.807, 2.05) is 18.2 Å². The van der Waals surface area contributed by atoms with E-state index in [1.165, 1.54) is 0 Å². The molecule has 3 aliphatic rings. The normalized spacial score (nSPS) is 15.2. The lowest BCUT2D eigenvalue weighted by atomic mass is 10.0. The van der Waals surface area contributed by atoms with Crippen molar-refractivity contribution in [3.05, 3.63) is 48.4 Å². The van der Waals surface area contributed by atoms with Crippen LogP contribution in [0.25, 0.3) is 11.4 Å². The first-order valence-corrected chi connectivity index (χ1v) is 8.72. The number of aromatic nitrogens is 3. The minimum absolute atomic E-state index is 0.0580. The molecule has 0 saturated carbocycles. The summed E-state index contributed by atoms with van der Waals surface area (Å²) in [5, 5.41) is 3.13. The van der Waals surface area contributed by atoms with Gasteiger partial charge in [-0.25, -0.2) is 9.97 Å². The number of carbonyl (C=O) groups is 1. The second kappa shape index (κ2) is 7.03. The Morgan fingerprint density at radius 3 is 2.92 bits per heavy atom. The molecule has 0 aliphatic carbocycles. The number of piperidine rings is 1. The van der Waals surface area contributed by atoms with Crippen molar-refractivity contribution in [3.8, 4) is 17.1 Å². The van der Waals surface area contributed by atoms with Gasteiger partial charge in [0.1, 0.15) is 17.4 Å². The summed E-state index contributed by atoms with van der Waals surface area (Å²) < 4.78 is 5.19. The summed E-state index contributed by atoms with van der Waals surface area (Å²) in [6.07, 6.45) is 5.23. The van der Waals surface area contributed by atoms with E-state index in [4.69, 9.17) is 4.74 Å². The smallest absolute Gasteiger partial charge is 0.251 e. The minimum Gasteiger partial charge on any atom is -0.497 e. The fourth-order valence-electron chi connectivity index (χ4n) is 3.38. The molecule has 0 bridgehead atoms. The average molecular weight is 351 g/mol. The molecule has 4 rings (SSSR count). The molecule has 0 unspecified atom stereocenters. The van der Waals surface area contributed by atoms with E-state index in [2.05, 4.69) is 25.2 Å². The highest BCUT2D eigenvalue weighted by molar-refractivity contribution is 5.94. The van der Waals surface area contributed by atoms with Gasteiger partial charge in [0.05, 0.1) is 19.0 Å².